The normalized spacial score (nSPS) is 11.1. The molecular weight excluding hydrogens is 192 g/mol. The molecule has 0 aromatic rings. The van der Waals surface area contributed by atoms with Crippen molar-refractivity contribution in [3.05, 3.63) is 0 Å². The molecule has 0 fully saturated rings. The van der Waals surface area contributed by atoms with Crippen LogP contribution in [0.1, 0.15) is 0 Å². The van der Waals surface area contributed by atoms with E-state index >= 15 is 0 Å². The zero-order valence-corrected chi connectivity index (χ0v) is 6.17. The summed E-state index contributed by atoms with van der Waals surface area (Å²) in [7, 11) is 0. The number of halogens is 3. The maximum atomic E-state index is 10.3. The van der Waals surface area contributed by atoms with Crippen molar-refractivity contribution < 1.29 is 15.0 Å². The van der Waals surface area contributed by atoms with E-state index in [0.29, 0.717) is 0 Å². The van der Waals surface area contributed by atoms with Crippen LogP contribution in [0.15, 0.2) is 0 Å². The molecule has 4 nitrogen and oxygen atoms in total. The van der Waals surface area contributed by atoms with Crippen LogP contribution in [0.5, 0.6) is 0 Å². The predicted molar refractivity (Wildman–Crippen MR) is 32.1 cm³/mol. The third-order valence-corrected chi connectivity index (χ3v) is 0.911. The average molecular weight is 194 g/mol. The highest BCUT2D eigenvalue weighted by molar-refractivity contribution is 6.76. The molecule has 0 aliphatic heterocycles. The van der Waals surface area contributed by atoms with Crippen molar-refractivity contribution in [2.24, 2.45) is 0 Å². The van der Waals surface area contributed by atoms with Crippen LogP contribution in [0, 0.1) is 0 Å². The molecule has 0 aromatic carbocycles. The van der Waals surface area contributed by atoms with E-state index in [0.717, 1.165) is 0 Å². The summed E-state index contributed by atoms with van der Waals surface area (Å²) < 4.78 is -2.11. The minimum atomic E-state index is -2.11. The minimum Gasteiger partial charge on any atom is -0.268 e. The van der Waals surface area contributed by atoms with Crippen molar-refractivity contribution in [3.8, 4) is 0 Å². The number of carbonyl (C=O) groups is 1. The molecule has 0 aromatic heterocycles. The number of carbonyl (C=O) groups excluding carboxylic acids is 1. The van der Waals surface area contributed by atoms with Gasteiger partial charge in [-0.3, -0.25) is 4.79 Å². The quantitative estimate of drug-likeness (QED) is 0.370. The molecule has 0 saturated carbocycles. The molecule has 0 rings (SSSR count). The first-order valence-electron chi connectivity index (χ1n) is 1.66. The smallest absolute Gasteiger partial charge is 0.268 e. The largest absolute Gasteiger partial charge is 0.298 e. The van der Waals surface area contributed by atoms with Gasteiger partial charge >= 0.3 is 0 Å². The zero-order chi connectivity index (χ0) is 7.49. The van der Waals surface area contributed by atoms with Gasteiger partial charge in [0, 0.05) is 0 Å². The summed E-state index contributed by atoms with van der Waals surface area (Å²) in [6, 6.07) is 0. The molecule has 0 heterocycles. The fraction of sp³-hybridized carbons (Fsp3) is 0.500. The Morgan fingerprint density at radius 2 is 2.00 bits per heavy atom. The van der Waals surface area contributed by atoms with Crippen LogP contribution in [-0.4, -0.2) is 15.0 Å². The predicted octanol–water partition coefficient (Wildman–Crippen LogP) is 0.877. The first kappa shape index (κ1) is 9.26. The molecule has 7 heteroatoms. The Morgan fingerprint density at radius 3 is 2.11 bits per heavy atom. The van der Waals surface area contributed by atoms with E-state index in [4.69, 9.17) is 40.1 Å². The van der Waals surface area contributed by atoms with Gasteiger partial charge in [0.15, 0.2) is 0 Å². The van der Waals surface area contributed by atoms with Crippen LogP contribution >= 0.6 is 34.8 Å². The van der Waals surface area contributed by atoms with Gasteiger partial charge in [-0.2, -0.15) is 5.48 Å². The Hall–Kier alpha value is 0.260. The van der Waals surface area contributed by atoms with Gasteiger partial charge in [-0.15, -0.1) is 4.99 Å². The van der Waals surface area contributed by atoms with Crippen molar-refractivity contribution in [2.75, 3.05) is 0 Å². The number of hydrogen-bond acceptors (Lipinski definition) is 3. The molecule has 2 N–H and O–H groups in total. The van der Waals surface area contributed by atoms with Crippen LogP contribution in [0.25, 0.3) is 0 Å². The van der Waals surface area contributed by atoms with Crippen molar-refractivity contribution in [1.82, 2.24) is 5.48 Å². The molecule has 1 amide bonds. The highest BCUT2D eigenvalue weighted by Gasteiger charge is 2.30. The van der Waals surface area contributed by atoms with Crippen LogP contribution in [-0.2, 0) is 9.78 Å². The Balaban J connectivity index is 3.74. The number of alkyl halides is 3. The lowest BCUT2D eigenvalue weighted by atomic mass is 10.7. The monoisotopic (exact) mass is 193 g/mol. The van der Waals surface area contributed by atoms with E-state index in [1.54, 1.807) is 0 Å². The van der Waals surface area contributed by atoms with Crippen molar-refractivity contribution in [1.29, 1.82) is 0 Å². The standard InChI is InChI=1S/C2H2Cl3NO3/c3-2(4,5)1(7)6-9-8/h8H,(H,6,7). The van der Waals surface area contributed by atoms with E-state index in [1.807, 2.05) is 0 Å². The van der Waals surface area contributed by atoms with Gasteiger partial charge in [-0.05, 0) is 0 Å². The van der Waals surface area contributed by atoms with Crippen LogP contribution < -0.4 is 5.48 Å². The summed E-state index contributed by atoms with van der Waals surface area (Å²) in [5.41, 5.74) is 1.41. The second-order valence-electron chi connectivity index (χ2n) is 1.02. The maximum absolute atomic E-state index is 10.3. The Bertz CT molecular complexity index is 110. The summed E-state index contributed by atoms with van der Waals surface area (Å²) >= 11 is 15.0. The Morgan fingerprint density at radius 1 is 1.56 bits per heavy atom. The molecule has 0 aliphatic rings. The van der Waals surface area contributed by atoms with Crippen LogP contribution in [0.2, 0.25) is 0 Å². The van der Waals surface area contributed by atoms with Crippen molar-refractivity contribution in [3.63, 3.8) is 0 Å². The number of rotatable bonds is 1. The van der Waals surface area contributed by atoms with Crippen molar-refractivity contribution in [2.45, 2.75) is 3.79 Å². The second-order valence-corrected chi connectivity index (χ2v) is 3.30. The highest BCUT2D eigenvalue weighted by atomic mass is 35.6. The third kappa shape index (κ3) is 3.77. The summed E-state index contributed by atoms with van der Waals surface area (Å²) in [5.74, 6) is -1.06. The molecule has 0 radical (unpaired) electrons. The molecule has 0 bridgehead atoms. The van der Waals surface area contributed by atoms with Gasteiger partial charge < -0.3 is 0 Å². The van der Waals surface area contributed by atoms with E-state index in [2.05, 4.69) is 4.99 Å². The lowest BCUT2D eigenvalue weighted by molar-refractivity contribution is -0.284. The average Bonchev–Trinajstić information content (AvgIpc) is 1.64. The molecule has 0 atom stereocenters. The van der Waals surface area contributed by atoms with Crippen molar-refractivity contribution >= 4 is 40.7 Å². The summed E-state index contributed by atoms with van der Waals surface area (Å²) in [5, 5.41) is 7.59. The molecule has 0 unspecified atom stereocenters. The Labute approximate surface area is 65.5 Å². The molecular formula is C2H2Cl3NO3. The third-order valence-electron chi connectivity index (χ3n) is 0.396. The molecule has 54 valence electrons. The Kier molecular flexibility index (Phi) is 3.53. The number of amides is 1. The van der Waals surface area contributed by atoms with Gasteiger partial charge in [0.05, 0.1) is 0 Å². The van der Waals surface area contributed by atoms with Gasteiger partial charge in [-0.1, -0.05) is 34.8 Å². The fourth-order valence-corrected chi connectivity index (χ4v) is 0.215. The lowest BCUT2D eigenvalue weighted by Crippen LogP contribution is -2.33. The number of hydrogen-bond donors (Lipinski definition) is 2. The number of hydroxylamine groups is 1. The van der Waals surface area contributed by atoms with Gasteiger partial charge in [0.25, 0.3) is 9.70 Å². The van der Waals surface area contributed by atoms with Gasteiger partial charge in [-0.25, -0.2) is 5.26 Å². The van der Waals surface area contributed by atoms with E-state index < -0.39 is 9.70 Å². The number of nitrogens with one attached hydrogen (secondary N) is 1. The first-order chi connectivity index (χ1) is 3.98. The zero-order valence-electron chi connectivity index (χ0n) is 3.90. The first-order valence-corrected chi connectivity index (χ1v) is 2.79. The van der Waals surface area contributed by atoms with Gasteiger partial charge in [0.1, 0.15) is 0 Å². The summed E-state index contributed by atoms with van der Waals surface area (Å²) in [6.45, 7) is 0. The molecule has 0 saturated heterocycles. The minimum absolute atomic E-state index is 1.06. The molecule has 0 aliphatic carbocycles. The molecule has 9 heavy (non-hydrogen) atoms. The maximum Gasteiger partial charge on any atom is 0.298 e. The highest BCUT2D eigenvalue weighted by Crippen LogP contribution is 2.25. The second kappa shape index (κ2) is 3.43. The SMILES string of the molecule is O=C(NOO)C(Cl)(Cl)Cl. The summed E-state index contributed by atoms with van der Waals surface area (Å²) in [4.78, 5) is 13.4. The van der Waals surface area contributed by atoms with E-state index in [-0.39, 0.29) is 0 Å². The van der Waals surface area contributed by atoms with Crippen LogP contribution in [0.4, 0.5) is 0 Å². The topological polar surface area (TPSA) is 58.6 Å². The lowest BCUT2D eigenvalue weighted by Gasteiger charge is -2.06. The fourth-order valence-electron chi connectivity index (χ4n) is 0.0993. The van der Waals surface area contributed by atoms with Gasteiger partial charge in [0.2, 0.25) is 0 Å². The molecule has 0 spiro atoms. The van der Waals surface area contributed by atoms with E-state index in [1.165, 1.54) is 5.48 Å². The summed E-state index contributed by atoms with van der Waals surface area (Å²) in [6.07, 6.45) is 0. The van der Waals surface area contributed by atoms with Crippen LogP contribution in [0.3, 0.4) is 0 Å². The van der Waals surface area contributed by atoms with E-state index in [9.17, 15) is 4.79 Å².